The second-order valence-corrected chi connectivity index (χ2v) is 2.02. The number of ketones is 1. The Bertz CT molecular complexity index is 173. The first-order chi connectivity index (χ1) is 5.31. The Labute approximate surface area is 66.3 Å². The van der Waals surface area contributed by atoms with Gasteiger partial charge >= 0.3 is 0 Å². The second-order valence-electron chi connectivity index (χ2n) is 2.02. The number of hydrogen-bond donors (Lipinski definition) is 1. The van der Waals surface area contributed by atoms with Gasteiger partial charge in [-0.1, -0.05) is 6.58 Å². The zero-order valence-corrected chi connectivity index (χ0v) is 6.42. The fraction of sp³-hybridized carbons (Fsp3) is 0.375. The lowest BCUT2D eigenvalue weighted by Crippen LogP contribution is -1.97. The minimum Gasteiger partial charge on any atom is -0.305 e. The molecule has 0 atom stereocenters. The quantitative estimate of drug-likeness (QED) is 0.456. The summed E-state index contributed by atoms with van der Waals surface area (Å²) in [5.41, 5.74) is 0. The van der Waals surface area contributed by atoms with E-state index in [4.69, 9.17) is 5.41 Å². The average molecular weight is 152 g/mol. The number of hydrogen-bond acceptors (Lipinski definition) is 3. The lowest BCUT2D eigenvalue weighted by molar-refractivity contribution is -0.112. The molecule has 0 aliphatic rings. The van der Waals surface area contributed by atoms with Gasteiger partial charge in [-0.15, -0.1) is 0 Å². The van der Waals surface area contributed by atoms with Crippen molar-refractivity contribution >= 4 is 18.2 Å². The van der Waals surface area contributed by atoms with E-state index in [-0.39, 0.29) is 5.78 Å². The Balaban J connectivity index is 3.27. The molecule has 0 radical (unpaired) electrons. The molecule has 0 aromatic rings. The molecule has 0 saturated heterocycles. The molecule has 60 valence electrons. The average Bonchev–Trinajstić information content (AvgIpc) is 2.04. The highest BCUT2D eigenvalue weighted by molar-refractivity contribution is 6.26. The van der Waals surface area contributed by atoms with Gasteiger partial charge in [-0.2, -0.15) is 0 Å². The molecule has 3 nitrogen and oxygen atoms in total. The number of aliphatic imine (C=N–C) groups is 1. The van der Waals surface area contributed by atoms with Crippen LogP contribution in [-0.4, -0.2) is 18.2 Å². The van der Waals surface area contributed by atoms with Crippen molar-refractivity contribution in [3.63, 3.8) is 0 Å². The van der Waals surface area contributed by atoms with Gasteiger partial charge in [0, 0.05) is 18.8 Å². The smallest absolute Gasteiger partial charge is 0.173 e. The van der Waals surface area contributed by atoms with Crippen LogP contribution in [0.2, 0.25) is 0 Å². The van der Waals surface area contributed by atoms with E-state index in [1.165, 1.54) is 6.20 Å². The zero-order chi connectivity index (χ0) is 8.53. The summed E-state index contributed by atoms with van der Waals surface area (Å²) in [6.45, 7) is 3.41. The summed E-state index contributed by atoms with van der Waals surface area (Å²) in [6, 6.07) is 0. The predicted molar refractivity (Wildman–Crippen MR) is 46.3 cm³/mol. The summed E-state index contributed by atoms with van der Waals surface area (Å²) in [4.78, 5) is 14.3. The molecule has 0 saturated carbocycles. The molecule has 0 spiro atoms. The highest BCUT2D eigenvalue weighted by Gasteiger charge is 1.93. The van der Waals surface area contributed by atoms with Gasteiger partial charge < -0.3 is 5.41 Å². The van der Waals surface area contributed by atoms with Crippen LogP contribution < -0.4 is 0 Å². The third kappa shape index (κ3) is 6.64. The Morgan fingerprint density at radius 3 is 2.91 bits per heavy atom. The highest BCUT2D eigenvalue weighted by Crippen LogP contribution is 1.92. The summed E-state index contributed by atoms with van der Waals surface area (Å²) >= 11 is 0. The van der Waals surface area contributed by atoms with Crippen LogP contribution in [0.3, 0.4) is 0 Å². The van der Waals surface area contributed by atoms with Gasteiger partial charge in [-0.3, -0.25) is 9.79 Å². The number of nitrogens with one attached hydrogen (secondary N) is 1. The number of carbonyl (C=O) groups excluding carboxylic acids is 1. The molecule has 0 aliphatic carbocycles. The van der Waals surface area contributed by atoms with Crippen molar-refractivity contribution in [3.8, 4) is 0 Å². The van der Waals surface area contributed by atoms with Crippen LogP contribution in [0.5, 0.6) is 0 Å². The fourth-order valence-corrected chi connectivity index (χ4v) is 0.589. The maximum atomic E-state index is 10.5. The van der Waals surface area contributed by atoms with Crippen molar-refractivity contribution in [2.75, 3.05) is 0 Å². The van der Waals surface area contributed by atoms with Crippen LogP contribution >= 0.6 is 0 Å². The van der Waals surface area contributed by atoms with Crippen molar-refractivity contribution in [3.05, 3.63) is 12.8 Å². The van der Waals surface area contributed by atoms with Crippen molar-refractivity contribution in [1.29, 1.82) is 5.41 Å². The molecular weight excluding hydrogens is 140 g/mol. The van der Waals surface area contributed by atoms with E-state index >= 15 is 0 Å². The molecule has 1 N–H and O–H groups in total. The summed E-state index contributed by atoms with van der Waals surface area (Å²) in [5, 5.41) is 6.60. The van der Waals surface area contributed by atoms with Crippen molar-refractivity contribution < 1.29 is 4.79 Å². The molecule has 0 amide bonds. The highest BCUT2D eigenvalue weighted by atomic mass is 16.1. The maximum Gasteiger partial charge on any atom is 0.173 e. The SMILES string of the molecule is C=CN=CCCCC(=O)C=N. The number of Topliss-reactive ketones (excluding diaryl/α,β-unsaturated/α-hetero) is 1. The first kappa shape index (κ1) is 9.75. The summed E-state index contributed by atoms with van der Waals surface area (Å²) in [5.74, 6) is -0.128. The van der Waals surface area contributed by atoms with Crippen molar-refractivity contribution in [2.24, 2.45) is 4.99 Å². The van der Waals surface area contributed by atoms with E-state index < -0.39 is 0 Å². The van der Waals surface area contributed by atoms with E-state index in [0.29, 0.717) is 6.42 Å². The van der Waals surface area contributed by atoms with E-state index in [2.05, 4.69) is 11.6 Å². The Hall–Kier alpha value is -1.25. The monoisotopic (exact) mass is 152 g/mol. The summed E-state index contributed by atoms with van der Waals surface area (Å²) < 4.78 is 0. The lowest BCUT2D eigenvalue weighted by Gasteiger charge is -1.89. The number of unbranched alkanes of at least 4 members (excludes halogenated alkanes) is 1. The van der Waals surface area contributed by atoms with Gasteiger partial charge in [0.1, 0.15) is 0 Å². The standard InChI is InChI=1S/C8H12N2O/c1-2-10-6-4-3-5-8(11)7-9/h2,6-7,9H,1,3-5H2. The van der Waals surface area contributed by atoms with Crippen LogP contribution in [0, 0.1) is 5.41 Å². The van der Waals surface area contributed by atoms with Gasteiger partial charge in [-0.25, -0.2) is 0 Å². The minimum atomic E-state index is -0.128. The first-order valence-corrected chi connectivity index (χ1v) is 3.47. The normalized spacial score (nSPS) is 9.82. The second kappa shape index (κ2) is 6.86. The number of rotatable bonds is 6. The Morgan fingerprint density at radius 1 is 1.64 bits per heavy atom. The Morgan fingerprint density at radius 2 is 2.36 bits per heavy atom. The van der Waals surface area contributed by atoms with Crippen LogP contribution in [0.25, 0.3) is 0 Å². The molecule has 0 aromatic carbocycles. The molecule has 0 unspecified atom stereocenters. The van der Waals surface area contributed by atoms with E-state index in [0.717, 1.165) is 19.1 Å². The predicted octanol–water partition coefficient (Wildman–Crippen LogP) is 1.59. The molecular formula is C8H12N2O. The van der Waals surface area contributed by atoms with Gasteiger partial charge in [0.2, 0.25) is 0 Å². The van der Waals surface area contributed by atoms with Crippen molar-refractivity contribution in [1.82, 2.24) is 0 Å². The van der Waals surface area contributed by atoms with Crippen LogP contribution in [-0.2, 0) is 4.79 Å². The molecule has 0 bridgehead atoms. The maximum absolute atomic E-state index is 10.5. The van der Waals surface area contributed by atoms with Crippen LogP contribution in [0.15, 0.2) is 17.8 Å². The molecule has 3 heteroatoms. The summed E-state index contributed by atoms with van der Waals surface area (Å²) in [7, 11) is 0. The fourth-order valence-electron chi connectivity index (χ4n) is 0.589. The van der Waals surface area contributed by atoms with Gasteiger partial charge in [-0.05, 0) is 12.8 Å². The topological polar surface area (TPSA) is 53.3 Å². The van der Waals surface area contributed by atoms with Crippen molar-refractivity contribution in [2.45, 2.75) is 19.3 Å². The molecule has 0 fully saturated rings. The van der Waals surface area contributed by atoms with Gasteiger partial charge in [0.25, 0.3) is 0 Å². The summed E-state index contributed by atoms with van der Waals surface area (Å²) in [6.07, 6.45) is 5.98. The van der Waals surface area contributed by atoms with E-state index in [1.54, 1.807) is 6.21 Å². The third-order valence-electron chi connectivity index (χ3n) is 1.13. The van der Waals surface area contributed by atoms with Crippen LogP contribution in [0.1, 0.15) is 19.3 Å². The first-order valence-electron chi connectivity index (χ1n) is 3.47. The van der Waals surface area contributed by atoms with Gasteiger partial charge in [0.05, 0.1) is 6.21 Å². The Kier molecular flexibility index (Phi) is 6.08. The van der Waals surface area contributed by atoms with E-state index in [1.807, 2.05) is 0 Å². The molecule has 0 aliphatic heterocycles. The molecule has 0 aromatic heterocycles. The molecule has 0 heterocycles. The molecule has 11 heavy (non-hydrogen) atoms. The zero-order valence-electron chi connectivity index (χ0n) is 6.42. The molecule has 0 rings (SSSR count). The minimum absolute atomic E-state index is 0.128. The largest absolute Gasteiger partial charge is 0.305 e. The lowest BCUT2D eigenvalue weighted by atomic mass is 10.2. The van der Waals surface area contributed by atoms with Gasteiger partial charge in [0.15, 0.2) is 5.78 Å². The number of carbonyl (C=O) groups is 1. The third-order valence-corrected chi connectivity index (χ3v) is 1.13. The van der Waals surface area contributed by atoms with E-state index in [9.17, 15) is 4.79 Å². The number of nitrogens with zero attached hydrogens (tertiary/aromatic N) is 1. The van der Waals surface area contributed by atoms with Crippen LogP contribution in [0.4, 0.5) is 0 Å².